The smallest absolute Gasteiger partial charge is 0.410 e. The molecule has 0 aliphatic carbocycles. The summed E-state index contributed by atoms with van der Waals surface area (Å²) in [6.45, 7) is 1.27. The summed E-state index contributed by atoms with van der Waals surface area (Å²) in [5.74, 6) is 0.407. The quantitative estimate of drug-likeness (QED) is 0.489. The Kier molecular flexibility index (Phi) is 6.79. The van der Waals surface area contributed by atoms with Gasteiger partial charge in [0.05, 0.1) is 18.0 Å². The van der Waals surface area contributed by atoms with Crippen molar-refractivity contribution in [1.82, 2.24) is 15.2 Å². The van der Waals surface area contributed by atoms with Crippen LogP contribution in [-0.4, -0.2) is 54.3 Å². The third-order valence-electron chi connectivity index (χ3n) is 6.11. The minimum Gasteiger partial charge on any atom is -0.488 e. The van der Waals surface area contributed by atoms with Crippen LogP contribution in [0.4, 0.5) is 4.79 Å². The number of thiophene rings is 1. The molecule has 5 rings (SSSR count). The Bertz CT molecular complexity index is 1220. The van der Waals surface area contributed by atoms with Crippen molar-refractivity contribution in [3.63, 3.8) is 0 Å². The summed E-state index contributed by atoms with van der Waals surface area (Å²) in [6, 6.07) is 12.9. The van der Waals surface area contributed by atoms with Gasteiger partial charge in [-0.25, -0.2) is 9.78 Å². The highest BCUT2D eigenvalue weighted by Crippen LogP contribution is 2.37. The number of nitrogens with one attached hydrogen (secondary N) is 1. The van der Waals surface area contributed by atoms with Crippen LogP contribution in [0.25, 0.3) is 10.6 Å². The Balaban J connectivity index is 1.40. The average Bonchev–Trinajstić information content (AvgIpc) is 3.53. The number of benzene rings is 1. The number of cyclic esters (lactones) is 1. The van der Waals surface area contributed by atoms with E-state index < -0.39 is 0 Å². The van der Waals surface area contributed by atoms with E-state index in [-0.39, 0.29) is 35.6 Å². The molecule has 0 bridgehead atoms. The molecule has 0 spiro atoms. The molecule has 10 heteroatoms. The van der Waals surface area contributed by atoms with Gasteiger partial charge in [-0.2, -0.15) is 0 Å². The van der Waals surface area contributed by atoms with Gasteiger partial charge in [-0.3, -0.25) is 4.79 Å². The first-order valence-corrected chi connectivity index (χ1v) is 12.5. The van der Waals surface area contributed by atoms with Gasteiger partial charge in [0.15, 0.2) is 0 Å². The fourth-order valence-corrected chi connectivity index (χ4v) is 5.15. The molecule has 182 valence electrons. The van der Waals surface area contributed by atoms with Gasteiger partial charge in [0.2, 0.25) is 5.88 Å². The van der Waals surface area contributed by atoms with Crippen molar-refractivity contribution in [3.8, 4) is 22.2 Å². The second-order valence-corrected chi connectivity index (χ2v) is 9.75. The molecule has 3 aromatic rings. The van der Waals surface area contributed by atoms with E-state index in [9.17, 15) is 9.59 Å². The standard InChI is InChI=1S/C25H24ClN3O5S/c1-32-24-19(23(30)27-13-15-4-6-16(26)7-5-15)12-20(22(28-24)21-3-2-10-35-21)34-18-8-9-29-17(11-18)14-33-25(29)31/h2-7,10,12,17-18H,8-9,11,13-14H2,1H3,(H,27,30)/t17-,18-/m0/s1. The highest BCUT2D eigenvalue weighted by Gasteiger charge is 2.39. The molecule has 1 N–H and O–H groups in total. The Labute approximate surface area is 211 Å². The number of pyridine rings is 1. The van der Waals surface area contributed by atoms with Gasteiger partial charge in [0.1, 0.15) is 29.7 Å². The van der Waals surface area contributed by atoms with Crippen molar-refractivity contribution < 1.29 is 23.8 Å². The van der Waals surface area contributed by atoms with Crippen molar-refractivity contribution in [2.45, 2.75) is 31.5 Å². The number of fused-ring (bicyclic) bond motifs is 1. The third-order valence-corrected chi connectivity index (χ3v) is 7.24. The maximum absolute atomic E-state index is 13.1. The molecular weight excluding hydrogens is 490 g/mol. The number of ether oxygens (including phenoxy) is 3. The highest BCUT2D eigenvalue weighted by molar-refractivity contribution is 7.13. The average molecular weight is 514 g/mol. The van der Waals surface area contributed by atoms with E-state index in [1.165, 1.54) is 18.4 Å². The fourth-order valence-electron chi connectivity index (χ4n) is 4.31. The van der Waals surface area contributed by atoms with Crippen LogP contribution < -0.4 is 14.8 Å². The lowest BCUT2D eigenvalue weighted by atomic mass is 10.0. The molecule has 2 fully saturated rings. The lowest BCUT2D eigenvalue weighted by molar-refractivity contribution is 0.0913. The van der Waals surface area contributed by atoms with E-state index >= 15 is 0 Å². The normalized spacial score (nSPS) is 19.1. The number of hydrogen-bond acceptors (Lipinski definition) is 7. The van der Waals surface area contributed by atoms with Crippen molar-refractivity contribution >= 4 is 34.9 Å². The van der Waals surface area contributed by atoms with Crippen molar-refractivity contribution in [1.29, 1.82) is 0 Å². The van der Waals surface area contributed by atoms with E-state index in [2.05, 4.69) is 10.3 Å². The summed E-state index contributed by atoms with van der Waals surface area (Å²) in [5.41, 5.74) is 1.82. The Morgan fingerprint density at radius 1 is 1.31 bits per heavy atom. The zero-order chi connectivity index (χ0) is 24.4. The molecule has 4 heterocycles. The number of methoxy groups -OCH3 is 1. The van der Waals surface area contributed by atoms with E-state index in [1.807, 2.05) is 29.6 Å². The number of hydrogen-bond donors (Lipinski definition) is 1. The van der Waals surface area contributed by atoms with E-state index in [0.29, 0.717) is 49.0 Å². The van der Waals surface area contributed by atoms with Gasteiger partial charge < -0.3 is 24.4 Å². The first-order valence-electron chi connectivity index (χ1n) is 11.3. The second-order valence-electron chi connectivity index (χ2n) is 8.37. The molecule has 2 aromatic heterocycles. The molecule has 1 aromatic carbocycles. The number of carbonyl (C=O) groups is 2. The Morgan fingerprint density at radius 3 is 2.89 bits per heavy atom. The summed E-state index contributed by atoms with van der Waals surface area (Å²) in [6.07, 6.45) is 0.919. The number of aromatic nitrogens is 1. The molecule has 0 saturated carbocycles. The first kappa shape index (κ1) is 23.4. The summed E-state index contributed by atoms with van der Waals surface area (Å²) < 4.78 is 17.1. The predicted octanol–water partition coefficient (Wildman–Crippen LogP) is 4.76. The van der Waals surface area contributed by atoms with Gasteiger partial charge >= 0.3 is 6.09 Å². The predicted molar refractivity (Wildman–Crippen MR) is 132 cm³/mol. The number of piperidine rings is 1. The topological polar surface area (TPSA) is 90.0 Å². The number of amides is 2. The maximum Gasteiger partial charge on any atom is 0.410 e. The van der Waals surface area contributed by atoms with E-state index in [4.69, 9.17) is 25.8 Å². The van der Waals surface area contributed by atoms with Gasteiger partial charge in [-0.05, 0) is 29.1 Å². The maximum atomic E-state index is 13.1. The van der Waals surface area contributed by atoms with Crippen LogP contribution in [0.1, 0.15) is 28.8 Å². The Hall–Kier alpha value is -3.30. The van der Waals surface area contributed by atoms with Crippen LogP contribution in [0.3, 0.4) is 0 Å². The first-order chi connectivity index (χ1) is 17.0. The lowest BCUT2D eigenvalue weighted by Crippen LogP contribution is -2.44. The van der Waals surface area contributed by atoms with E-state index in [0.717, 1.165) is 10.4 Å². The van der Waals surface area contributed by atoms with Gasteiger partial charge in [-0.1, -0.05) is 29.8 Å². The number of carbonyl (C=O) groups excluding carboxylic acids is 2. The second kappa shape index (κ2) is 10.1. The molecular formula is C25H24ClN3O5S. The van der Waals surface area contributed by atoms with Gasteiger partial charge in [-0.15, -0.1) is 11.3 Å². The molecule has 8 nitrogen and oxygen atoms in total. The highest BCUT2D eigenvalue weighted by atomic mass is 35.5. The van der Waals surface area contributed by atoms with E-state index in [1.54, 1.807) is 23.1 Å². The van der Waals surface area contributed by atoms with Crippen LogP contribution in [0.15, 0.2) is 47.8 Å². The molecule has 0 radical (unpaired) electrons. The van der Waals surface area contributed by atoms with Crippen LogP contribution >= 0.6 is 22.9 Å². The zero-order valence-corrected chi connectivity index (χ0v) is 20.6. The van der Waals surface area contributed by atoms with Crippen molar-refractivity contribution in [2.24, 2.45) is 0 Å². The van der Waals surface area contributed by atoms with Crippen LogP contribution in [-0.2, 0) is 11.3 Å². The third kappa shape index (κ3) is 5.06. The molecule has 2 atom stereocenters. The summed E-state index contributed by atoms with van der Waals surface area (Å²) >= 11 is 7.48. The van der Waals surface area contributed by atoms with Gasteiger partial charge in [0, 0.05) is 37.0 Å². The largest absolute Gasteiger partial charge is 0.488 e. The Morgan fingerprint density at radius 2 is 2.14 bits per heavy atom. The lowest BCUT2D eigenvalue weighted by Gasteiger charge is -2.32. The number of rotatable bonds is 7. The van der Waals surface area contributed by atoms with Gasteiger partial charge in [0.25, 0.3) is 5.91 Å². The zero-order valence-electron chi connectivity index (χ0n) is 19.0. The minimum atomic E-state index is -0.323. The number of nitrogens with zero attached hydrogens (tertiary/aromatic N) is 2. The molecule has 2 amide bonds. The van der Waals surface area contributed by atoms with Crippen molar-refractivity contribution in [3.05, 3.63) is 64.0 Å². The fraction of sp³-hybridized carbons (Fsp3) is 0.320. The molecule has 35 heavy (non-hydrogen) atoms. The van der Waals surface area contributed by atoms with Crippen LogP contribution in [0.2, 0.25) is 5.02 Å². The van der Waals surface area contributed by atoms with Crippen molar-refractivity contribution in [2.75, 3.05) is 20.3 Å². The monoisotopic (exact) mass is 513 g/mol. The summed E-state index contributed by atoms with van der Waals surface area (Å²) in [5, 5.41) is 5.51. The minimum absolute atomic E-state index is 0.000194. The van der Waals surface area contributed by atoms with Crippen LogP contribution in [0, 0.1) is 0 Å². The van der Waals surface area contributed by atoms with Crippen LogP contribution in [0.5, 0.6) is 11.6 Å². The molecule has 2 saturated heterocycles. The summed E-state index contributed by atoms with van der Waals surface area (Å²) in [7, 11) is 1.49. The molecule has 2 aliphatic rings. The molecule has 2 aliphatic heterocycles. The molecule has 0 unspecified atom stereocenters. The SMILES string of the molecule is COc1nc(-c2cccs2)c(O[C@H]2CCN3C(=O)OC[C@@H]3C2)cc1C(=O)NCc1ccc(Cl)cc1. The summed E-state index contributed by atoms with van der Waals surface area (Å²) in [4.78, 5) is 32.3. The number of halogens is 1.